The molecule has 1 aromatic carbocycles. The van der Waals surface area contributed by atoms with Crippen LogP contribution in [0.15, 0.2) is 24.3 Å². The van der Waals surface area contributed by atoms with Crippen molar-refractivity contribution >= 4 is 11.6 Å². The van der Waals surface area contributed by atoms with E-state index in [9.17, 15) is 9.59 Å². The summed E-state index contributed by atoms with van der Waals surface area (Å²) in [5.74, 6) is 0.471. The van der Waals surface area contributed by atoms with Crippen LogP contribution in [0.1, 0.15) is 50.2 Å². The molecule has 0 heterocycles. The number of carbonyl (C=O) groups is 2. The van der Waals surface area contributed by atoms with Gasteiger partial charge in [0.05, 0.1) is 0 Å². The van der Waals surface area contributed by atoms with Crippen LogP contribution in [0.5, 0.6) is 0 Å². The highest BCUT2D eigenvalue weighted by atomic mass is 16.2. The number of benzene rings is 1. The maximum absolute atomic E-state index is 12.5. The van der Waals surface area contributed by atoms with Gasteiger partial charge in [-0.25, -0.2) is 0 Å². The first kappa shape index (κ1) is 14.5. The summed E-state index contributed by atoms with van der Waals surface area (Å²) in [6, 6.07) is 8.31. The average molecular weight is 284 g/mol. The maximum Gasteiger partial charge on any atom is 0.202 e. The van der Waals surface area contributed by atoms with Gasteiger partial charge in [-0.1, -0.05) is 44.0 Å². The summed E-state index contributed by atoms with van der Waals surface area (Å²) >= 11 is 0. The van der Waals surface area contributed by atoms with E-state index < -0.39 is 0 Å². The first-order chi connectivity index (χ1) is 10.1. The number of hydrogen-bond acceptors (Lipinski definition) is 2. The maximum atomic E-state index is 12.5. The molecule has 0 aliphatic heterocycles. The minimum Gasteiger partial charge on any atom is -0.291 e. The van der Waals surface area contributed by atoms with Crippen molar-refractivity contribution in [3.05, 3.63) is 35.4 Å². The van der Waals surface area contributed by atoms with Crippen LogP contribution in [0.3, 0.4) is 0 Å². The lowest BCUT2D eigenvalue weighted by molar-refractivity contribution is -0.142. The van der Waals surface area contributed by atoms with Gasteiger partial charge in [0.15, 0.2) is 0 Å². The Hall–Kier alpha value is -1.44. The number of carbonyl (C=O) groups excluding carboxylic acids is 2. The van der Waals surface area contributed by atoms with Crippen LogP contribution in [-0.2, 0) is 22.4 Å². The SMILES string of the molecule is CC1CCC(C(=O)C(=O)C2CCc3ccccc3C2)CC1. The molecule has 1 saturated carbocycles. The normalized spacial score (nSPS) is 28.7. The van der Waals surface area contributed by atoms with Crippen LogP contribution in [0.25, 0.3) is 0 Å². The van der Waals surface area contributed by atoms with Gasteiger partial charge in [0.2, 0.25) is 11.6 Å². The molecule has 112 valence electrons. The Bertz CT molecular complexity index is 538. The molecule has 1 unspecified atom stereocenters. The van der Waals surface area contributed by atoms with Gasteiger partial charge in [-0.3, -0.25) is 9.59 Å². The van der Waals surface area contributed by atoms with Gasteiger partial charge in [-0.2, -0.15) is 0 Å². The lowest BCUT2D eigenvalue weighted by Gasteiger charge is -2.27. The fourth-order valence-electron chi connectivity index (χ4n) is 3.85. The molecule has 0 amide bonds. The van der Waals surface area contributed by atoms with Crippen molar-refractivity contribution in [3.63, 3.8) is 0 Å². The van der Waals surface area contributed by atoms with Crippen LogP contribution < -0.4 is 0 Å². The molecule has 1 fully saturated rings. The van der Waals surface area contributed by atoms with Crippen molar-refractivity contribution in [1.82, 2.24) is 0 Å². The number of aryl methyl sites for hydroxylation is 1. The minimum atomic E-state index is -0.0935. The average Bonchev–Trinajstić information content (AvgIpc) is 2.54. The van der Waals surface area contributed by atoms with Gasteiger partial charge in [0.25, 0.3) is 0 Å². The van der Waals surface area contributed by atoms with Crippen LogP contribution in [-0.4, -0.2) is 11.6 Å². The summed E-state index contributed by atoms with van der Waals surface area (Å²) in [5, 5.41) is 0. The summed E-state index contributed by atoms with van der Waals surface area (Å²) in [7, 11) is 0. The van der Waals surface area contributed by atoms with Crippen molar-refractivity contribution in [3.8, 4) is 0 Å². The molecular weight excluding hydrogens is 260 g/mol. The number of Topliss-reactive ketones (excluding diaryl/α,β-unsaturated/α-hetero) is 2. The molecule has 2 nitrogen and oxygen atoms in total. The summed E-state index contributed by atoms with van der Waals surface area (Å²) < 4.78 is 0. The lowest BCUT2D eigenvalue weighted by Crippen LogP contribution is -2.34. The van der Waals surface area contributed by atoms with E-state index in [1.54, 1.807) is 0 Å². The van der Waals surface area contributed by atoms with Crippen molar-refractivity contribution in [2.45, 2.75) is 51.9 Å². The number of fused-ring (bicyclic) bond motifs is 1. The van der Waals surface area contributed by atoms with Gasteiger partial charge >= 0.3 is 0 Å². The molecule has 0 saturated heterocycles. The van der Waals surface area contributed by atoms with Crippen molar-refractivity contribution in [2.75, 3.05) is 0 Å². The fourth-order valence-corrected chi connectivity index (χ4v) is 3.85. The highest BCUT2D eigenvalue weighted by molar-refractivity contribution is 6.38. The highest BCUT2D eigenvalue weighted by Gasteiger charge is 2.34. The summed E-state index contributed by atoms with van der Waals surface area (Å²) in [6.45, 7) is 2.24. The van der Waals surface area contributed by atoms with Gasteiger partial charge in [-0.15, -0.1) is 0 Å². The van der Waals surface area contributed by atoms with Crippen molar-refractivity contribution in [1.29, 1.82) is 0 Å². The second-order valence-corrected chi connectivity index (χ2v) is 6.89. The second-order valence-electron chi connectivity index (χ2n) is 6.89. The van der Waals surface area contributed by atoms with E-state index >= 15 is 0 Å². The lowest BCUT2D eigenvalue weighted by atomic mass is 9.75. The van der Waals surface area contributed by atoms with Crippen LogP contribution >= 0.6 is 0 Å². The third-order valence-corrected chi connectivity index (χ3v) is 5.35. The molecule has 0 radical (unpaired) electrons. The van der Waals surface area contributed by atoms with Gasteiger partial charge in [0, 0.05) is 11.8 Å². The van der Waals surface area contributed by atoms with E-state index in [0.717, 1.165) is 44.9 Å². The van der Waals surface area contributed by atoms with Crippen LogP contribution in [0, 0.1) is 17.8 Å². The predicted octanol–water partition coefficient (Wildman–Crippen LogP) is 3.76. The Morgan fingerprint density at radius 3 is 2.19 bits per heavy atom. The molecule has 2 aliphatic rings. The molecular formula is C19H24O2. The monoisotopic (exact) mass is 284 g/mol. The Morgan fingerprint density at radius 1 is 0.857 bits per heavy atom. The highest BCUT2D eigenvalue weighted by Crippen LogP contribution is 2.32. The zero-order chi connectivity index (χ0) is 14.8. The van der Waals surface area contributed by atoms with E-state index in [0.29, 0.717) is 5.92 Å². The molecule has 2 aliphatic carbocycles. The Labute approximate surface area is 126 Å². The largest absolute Gasteiger partial charge is 0.291 e. The standard InChI is InChI=1S/C19H24O2/c1-13-6-8-15(9-7-13)18(20)19(21)17-11-10-14-4-2-3-5-16(14)12-17/h2-5,13,15,17H,6-12H2,1H3. The number of rotatable bonds is 3. The van der Waals surface area contributed by atoms with E-state index in [-0.39, 0.29) is 23.4 Å². The smallest absolute Gasteiger partial charge is 0.202 e. The quantitative estimate of drug-likeness (QED) is 0.792. The zero-order valence-electron chi connectivity index (χ0n) is 12.8. The van der Waals surface area contributed by atoms with Gasteiger partial charge in [0.1, 0.15) is 0 Å². The molecule has 0 spiro atoms. The predicted molar refractivity (Wildman–Crippen MR) is 83.1 cm³/mol. The number of ketones is 2. The second kappa shape index (κ2) is 6.13. The molecule has 0 bridgehead atoms. The zero-order valence-corrected chi connectivity index (χ0v) is 12.8. The fraction of sp³-hybridized carbons (Fsp3) is 0.579. The Kier molecular flexibility index (Phi) is 4.23. The van der Waals surface area contributed by atoms with Gasteiger partial charge in [-0.05, 0) is 49.1 Å². The molecule has 0 aromatic heterocycles. The molecule has 21 heavy (non-hydrogen) atoms. The van der Waals surface area contributed by atoms with Crippen LogP contribution in [0.4, 0.5) is 0 Å². The van der Waals surface area contributed by atoms with Crippen molar-refractivity contribution in [2.24, 2.45) is 17.8 Å². The Balaban J connectivity index is 1.65. The topological polar surface area (TPSA) is 34.1 Å². The third kappa shape index (κ3) is 3.09. The Morgan fingerprint density at radius 2 is 1.48 bits per heavy atom. The summed E-state index contributed by atoms with van der Waals surface area (Å²) in [5.41, 5.74) is 2.60. The van der Waals surface area contributed by atoms with Gasteiger partial charge < -0.3 is 0 Å². The minimum absolute atomic E-state index is 0.00544. The number of hydrogen-bond donors (Lipinski definition) is 0. The summed E-state index contributed by atoms with van der Waals surface area (Å²) in [6.07, 6.45) is 6.54. The van der Waals surface area contributed by atoms with Crippen molar-refractivity contribution < 1.29 is 9.59 Å². The molecule has 3 rings (SSSR count). The van der Waals surface area contributed by atoms with E-state index in [2.05, 4.69) is 25.1 Å². The molecule has 1 aromatic rings. The first-order valence-electron chi connectivity index (χ1n) is 8.30. The third-order valence-electron chi connectivity index (χ3n) is 5.35. The first-order valence-corrected chi connectivity index (χ1v) is 8.30. The molecule has 1 atom stereocenters. The molecule has 0 N–H and O–H groups in total. The van der Waals surface area contributed by atoms with Crippen LogP contribution in [0.2, 0.25) is 0 Å². The van der Waals surface area contributed by atoms with E-state index in [1.165, 1.54) is 11.1 Å². The molecule has 2 heteroatoms. The van der Waals surface area contributed by atoms with E-state index in [1.807, 2.05) is 6.07 Å². The van der Waals surface area contributed by atoms with E-state index in [4.69, 9.17) is 0 Å². The summed E-state index contributed by atoms with van der Waals surface area (Å²) in [4.78, 5) is 25.0.